The summed E-state index contributed by atoms with van der Waals surface area (Å²) in [5.41, 5.74) is -0.0456. The Balaban J connectivity index is 1.85. The van der Waals surface area contributed by atoms with Crippen LogP contribution in [-0.2, 0) is 11.8 Å². The van der Waals surface area contributed by atoms with Gasteiger partial charge in [0, 0.05) is 31.8 Å². The zero-order valence-electron chi connectivity index (χ0n) is 14.4. The molecule has 0 radical (unpaired) electrons. The molecule has 142 valence electrons. The van der Waals surface area contributed by atoms with E-state index in [9.17, 15) is 19.7 Å². The van der Waals surface area contributed by atoms with Crippen molar-refractivity contribution >= 4 is 29.3 Å². The van der Waals surface area contributed by atoms with Crippen molar-refractivity contribution in [2.45, 2.75) is 22.9 Å². The van der Waals surface area contributed by atoms with Gasteiger partial charge in [-0.25, -0.2) is 0 Å². The number of piperidine rings is 1. The monoisotopic (exact) mass is 391 g/mol. The number of nitro groups is 1. The Morgan fingerprint density at radius 2 is 2.19 bits per heavy atom. The Hall–Kier alpha value is -2.95. The first-order valence-corrected chi connectivity index (χ1v) is 9.01. The fourth-order valence-corrected chi connectivity index (χ4v) is 3.74. The van der Waals surface area contributed by atoms with Crippen molar-refractivity contribution < 1.29 is 19.6 Å². The van der Waals surface area contributed by atoms with Gasteiger partial charge in [0.05, 0.1) is 15.7 Å². The first-order valence-electron chi connectivity index (χ1n) is 8.19. The summed E-state index contributed by atoms with van der Waals surface area (Å²) in [6.45, 7) is 0.545. The van der Waals surface area contributed by atoms with Crippen LogP contribution in [0.3, 0.4) is 0 Å². The van der Waals surface area contributed by atoms with E-state index >= 15 is 0 Å². The molecule has 10 nitrogen and oxygen atoms in total. The van der Waals surface area contributed by atoms with Gasteiger partial charge in [-0.05, 0) is 36.7 Å². The minimum absolute atomic E-state index is 0.109. The zero-order chi connectivity index (χ0) is 19.6. The number of aliphatic carboxylic acids is 1. The highest BCUT2D eigenvalue weighted by molar-refractivity contribution is 7.99. The SMILES string of the molecule is Cn1cnnc1Sc1ccc(C(=O)N2CCCC(C(=O)O)C2)cc1[N+](=O)[O-]. The van der Waals surface area contributed by atoms with Gasteiger partial charge in [-0.15, -0.1) is 10.2 Å². The van der Waals surface area contributed by atoms with E-state index in [4.69, 9.17) is 5.11 Å². The van der Waals surface area contributed by atoms with Crippen molar-refractivity contribution in [3.05, 3.63) is 40.2 Å². The molecular formula is C16H17N5O5S. The van der Waals surface area contributed by atoms with Crippen molar-refractivity contribution in [1.29, 1.82) is 0 Å². The molecule has 1 aliphatic heterocycles. The lowest BCUT2D eigenvalue weighted by atomic mass is 9.97. The third-order valence-corrected chi connectivity index (χ3v) is 5.45. The maximum absolute atomic E-state index is 12.7. The van der Waals surface area contributed by atoms with Crippen LogP contribution in [0.15, 0.2) is 34.6 Å². The lowest BCUT2D eigenvalue weighted by Crippen LogP contribution is -2.42. The lowest BCUT2D eigenvalue weighted by molar-refractivity contribution is -0.387. The van der Waals surface area contributed by atoms with E-state index < -0.39 is 22.7 Å². The Kier molecular flexibility index (Phi) is 5.40. The molecule has 0 bridgehead atoms. The van der Waals surface area contributed by atoms with E-state index in [0.717, 1.165) is 11.8 Å². The summed E-state index contributed by atoms with van der Waals surface area (Å²) >= 11 is 1.08. The average Bonchev–Trinajstić information content (AvgIpc) is 3.06. The molecule has 1 unspecified atom stereocenters. The standard InChI is InChI=1S/C16H17N5O5S/c1-19-9-17-18-16(19)27-13-5-4-10(7-12(13)21(25)26)14(22)20-6-2-3-11(8-20)15(23)24/h4-5,7,9,11H,2-3,6,8H2,1H3,(H,23,24). The van der Waals surface area contributed by atoms with E-state index in [1.54, 1.807) is 11.6 Å². The number of hydrogen-bond donors (Lipinski definition) is 1. The van der Waals surface area contributed by atoms with E-state index in [-0.39, 0.29) is 17.8 Å². The number of aryl methyl sites for hydroxylation is 1. The van der Waals surface area contributed by atoms with Crippen molar-refractivity contribution in [3.63, 3.8) is 0 Å². The molecule has 2 heterocycles. The number of aromatic nitrogens is 3. The summed E-state index contributed by atoms with van der Waals surface area (Å²) in [6, 6.07) is 4.24. The molecule has 1 N–H and O–H groups in total. The fourth-order valence-electron chi connectivity index (χ4n) is 2.89. The van der Waals surface area contributed by atoms with Crippen LogP contribution in [0.5, 0.6) is 0 Å². The number of rotatable bonds is 5. The molecule has 1 amide bonds. The topological polar surface area (TPSA) is 131 Å². The number of nitro benzene ring substituents is 1. The van der Waals surface area contributed by atoms with Crippen molar-refractivity contribution in [2.24, 2.45) is 13.0 Å². The van der Waals surface area contributed by atoms with Crippen LogP contribution in [0.1, 0.15) is 23.2 Å². The molecule has 27 heavy (non-hydrogen) atoms. The summed E-state index contributed by atoms with van der Waals surface area (Å²) in [5, 5.41) is 28.7. The number of carbonyl (C=O) groups is 2. The molecule has 1 fully saturated rings. The van der Waals surface area contributed by atoms with Crippen LogP contribution in [0.2, 0.25) is 0 Å². The number of carboxylic acid groups (broad SMARTS) is 1. The smallest absolute Gasteiger partial charge is 0.308 e. The summed E-state index contributed by atoms with van der Waals surface area (Å²) in [6.07, 6.45) is 2.60. The summed E-state index contributed by atoms with van der Waals surface area (Å²) in [5.74, 6) is -1.95. The number of carboxylic acids is 1. The summed E-state index contributed by atoms with van der Waals surface area (Å²) in [4.78, 5) is 36.6. The number of likely N-dealkylation sites (tertiary alicyclic amines) is 1. The second-order valence-electron chi connectivity index (χ2n) is 6.19. The van der Waals surface area contributed by atoms with Crippen molar-refractivity contribution in [1.82, 2.24) is 19.7 Å². The number of nitrogens with zero attached hydrogens (tertiary/aromatic N) is 5. The molecule has 0 spiro atoms. The van der Waals surface area contributed by atoms with Crippen molar-refractivity contribution in [2.75, 3.05) is 13.1 Å². The number of hydrogen-bond acceptors (Lipinski definition) is 7. The van der Waals surface area contributed by atoms with Gasteiger partial charge in [0.25, 0.3) is 11.6 Å². The molecule has 1 aromatic heterocycles. The highest BCUT2D eigenvalue weighted by Gasteiger charge is 2.29. The van der Waals surface area contributed by atoms with E-state index in [1.165, 1.54) is 29.4 Å². The lowest BCUT2D eigenvalue weighted by Gasteiger charge is -2.30. The molecule has 2 aromatic rings. The van der Waals surface area contributed by atoms with Gasteiger partial charge in [0.1, 0.15) is 6.33 Å². The molecule has 1 aromatic carbocycles. The van der Waals surface area contributed by atoms with Crippen molar-refractivity contribution in [3.8, 4) is 0 Å². The highest BCUT2D eigenvalue weighted by atomic mass is 32.2. The van der Waals surface area contributed by atoms with E-state index in [2.05, 4.69) is 10.2 Å². The largest absolute Gasteiger partial charge is 0.481 e. The minimum atomic E-state index is -0.936. The normalized spacial score (nSPS) is 16.9. The molecular weight excluding hydrogens is 374 g/mol. The second kappa shape index (κ2) is 7.74. The minimum Gasteiger partial charge on any atom is -0.481 e. The number of amides is 1. The van der Waals surface area contributed by atoms with Gasteiger partial charge in [0.2, 0.25) is 0 Å². The van der Waals surface area contributed by atoms with E-state index in [1.807, 2.05) is 0 Å². The van der Waals surface area contributed by atoms with Crippen LogP contribution in [0.25, 0.3) is 0 Å². The van der Waals surface area contributed by atoms with Crippen LogP contribution < -0.4 is 0 Å². The summed E-state index contributed by atoms with van der Waals surface area (Å²) in [7, 11) is 1.72. The Labute approximate surface area is 158 Å². The first kappa shape index (κ1) is 18.8. The van der Waals surface area contributed by atoms with Crippen LogP contribution in [-0.4, -0.2) is 54.7 Å². The molecule has 0 aliphatic carbocycles. The molecule has 1 aliphatic rings. The molecule has 0 saturated carbocycles. The highest BCUT2D eigenvalue weighted by Crippen LogP contribution is 2.34. The molecule has 3 rings (SSSR count). The quantitative estimate of drug-likeness (QED) is 0.603. The van der Waals surface area contributed by atoms with Gasteiger partial charge in [-0.1, -0.05) is 0 Å². The third-order valence-electron chi connectivity index (χ3n) is 4.33. The molecule has 1 saturated heterocycles. The van der Waals surface area contributed by atoms with Gasteiger partial charge in [-0.2, -0.15) is 0 Å². The maximum Gasteiger partial charge on any atom is 0.308 e. The number of benzene rings is 1. The maximum atomic E-state index is 12.7. The molecule has 11 heteroatoms. The Bertz CT molecular complexity index is 899. The third kappa shape index (κ3) is 4.08. The predicted molar refractivity (Wildman–Crippen MR) is 94.5 cm³/mol. The molecule has 1 atom stereocenters. The van der Waals surface area contributed by atoms with Crippen LogP contribution in [0, 0.1) is 16.0 Å². The van der Waals surface area contributed by atoms with E-state index in [0.29, 0.717) is 29.4 Å². The van der Waals surface area contributed by atoms with Crippen LogP contribution in [0.4, 0.5) is 5.69 Å². The number of carbonyl (C=O) groups excluding carboxylic acids is 1. The summed E-state index contributed by atoms with van der Waals surface area (Å²) < 4.78 is 1.63. The Morgan fingerprint density at radius 1 is 1.41 bits per heavy atom. The first-order chi connectivity index (χ1) is 12.9. The Morgan fingerprint density at radius 3 is 2.81 bits per heavy atom. The van der Waals surface area contributed by atoms with Gasteiger partial charge in [0.15, 0.2) is 5.16 Å². The van der Waals surface area contributed by atoms with Gasteiger partial charge < -0.3 is 14.6 Å². The van der Waals surface area contributed by atoms with Crippen LogP contribution >= 0.6 is 11.8 Å². The predicted octanol–water partition coefficient (Wildman–Crippen LogP) is 1.81. The zero-order valence-corrected chi connectivity index (χ0v) is 15.3. The van der Waals surface area contributed by atoms with Gasteiger partial charge in [-0.3, -0.25) is 19.7 Å². The fraction of sp³-hybridized carbons (Fsp3) is 0.375. The average molecular weight is 391 g/mol. The second-order valence-corrected chi connectivity index (χ2v) is 7.20. The van der Waals surface area contributed by atoms with Gasteiger partial charge >= 0.3 is 5.97 Å².